The fourth-order valence-electron chi connectivity index (χ4n) is 3.67. The van der Waals surface area contributed by atoms with Gasteiger partial charge in [-0.15, -0.1) is 0 Å². The molecule has 0 atom stereocenters. The number of pyridine rings is 1. The van der Waals surface area contributed by atoms with Crippen molar-refractivity contribution in [3.05, 3.63) is 121 Å². The third kappa shape index (κ3) is 4.72. The number of nitrogens with zero attached hydrogens (tertiary/aromatic N) is 5. The molecule has 2 aromatic carbocycles. The lowest BCUT2D eigenvalue weighted by Crippen LogP contribution is -2.23. The van der Waals surface area contributed by atoms with Crippen molar-refractivity contribution in [3.8, 4) is 16.9 Å². The second-order valence-corrected chi connectivity index (χ2v) is 7.62. The highest BCUT2D eigenvalue weighted by molar-refractivity contribution is 5.94. The van der Waals surface area contributed by atoms with Gasteiger partial charge in [-0.05, 0) is 40.5 Å². The summed E-state index contributed by atoms with van der Waals surface area (Å²) in [7, 11) is 0. The van der Waals surface area contributed by atoms with Gasteiger partial charge in [-0.1, -0.05) is 48.5 Å². The molecule has 0 unspecified atom stereocenters. The van der Waals surface area contributed by atoms with Crippen LogP contribution in [0.5, 0.6) is 0 Å². The maximum atomic E-state index is 12.7. The highest BCUT2D eigenvalue weighted by Gasteiger charge is 2.10. The third-order valence-electron chi connectivity index (χ3n) is 5.40. The van der Waals surface area contributed by atoms with E-state index in [0.29, 0.717) is 17.9 Å². The average Bonchev–Trinajstić information content (AvgIpc) is 3.58. The highest BCUT2D eigenvalue weighted by atomic mass is 16.1. The maximum Gasteiger partial charge on any atom is 0.253 e. The summed E-state index contributed by atoms with van der Waals surface area (Å²) in [5.74, 6) is 0.550. The van der Waals surface area contributed by atoms with Crippen molar-refractivity contribution in [1.82, 2.24) is 29.6 Å². The first kappa shape index (κ1) is 20.4. The number of nitrogens with one attached hydrogen (secondary N) is 1. The van der Waals surface area contributed by atoms with Crippen LogP contribution >= 0.6 is 0 Å². The second-order valence-electron chi connectivity index (χ2n) is 7.62. The molecule has 0 aliphatic rings. The molecule has 3 heterocycles. The third-order valence-corrected chi connectivity index (χ3v) is 5.40. The van der Waals surface area contributed by atoms with Crippen molar-refractivity contribution < 1.29 is 4.79 Å². The molecule has 162 valence electrons. The normalized spacial score (nSPS) is 10.8. The molecule has 0 spiro atoms. The lowest BCUT2D eigenvalue weighted by molar-refractivity contribution is 0.0950. The summed E-state index contributed by atoms with van der Waals surface area (Å²) in [6.45, 7) is 1.16. The monoisotopic (exact) mass is 434 g/mol. The molecule has 0 aliphatic heterocycles. The van der Waals surface area contributed by atoms with Crippen molar-refractivity contribution in [2.75, 3.05) is 0 Å². The summed E-state index contributed by atoms with van der Waals surface area (Å²) in [6.07, 6.45) is 10.5. The molecule has 7 nitrogen and oxygen atoms in total. The van der Waals surface area contributed by atoms with Gasteiger partial charge in [0.25, 0.3) is 5.91 Å². The number of rotatable bonds is 7. The van der Waals surface area contributed by atoms with Crippen LogP contribution in [0, 0.1) is 0 Å². The SMILES string of the molecule is O=C(NCc1ccccc1-c1ccc(Cn2cccn2)cc1)c1ccc(-n2ccnc2)nc1. The maximum absolute atomic E-state index is 12.7. The number of carbonyl (C=O) groups is 1. The van der Waals surface area contributed by atoms with Crippen LogP contribution < -0.4 is 5.32 Å². The number of amides is 1. The molecule has 33 heavy (non-hydrogen) atoms. The van der Waals surface area contributed by atoms with E-state index in [-0.39, 0.29) is 5.91 Å². The fraction of sp³-hybridized carbons (Fsp3) is 0.0769. The van der Waals surface area contributed by atoms with Crippen LogP contribution in [0.1, 0.15) is 21.5 Å². The zero-order chi connectivity index (χ0) is 22.5. The summed E-state index contributed by atoms with van der Waals surface area (Å²) < 4.78 is 3.69. The molecule has 1 N–H and O–H groups in total. The van der Waals surface area contributed by atoms with Gasteiger partial charge in [0, 0.05) is 37.5 Å². The van der Waals surface area contributed by atoms with E-state index < -0.39 is 0 Å². The predicted molar refractivity (Wildman–Crippen MR) is 126 cm³/mol. The minimum atomic E-state index is -0.163. The quantitative estimate of drug-likeness (QED) is 0.418. The molecule has 1 amide bonds. The van der Waals surface area contributed by atoms with Crippen molar-refractivity contribution in [3.63, 3.8) is 0 Å². The standard InChI is InChI=1S/C26H22N6O/c33-26(23-10-11-25(28-17-23)31-15-13-27-19-31)29-16-22-4-1-2-5-24(22)21-8-6-20(7-9-21)18-32-14-3-12-30-32/h1-15,17,19H,16,18H2,(H,29,33). The number of carbonyl (C=O) groups excluding carboxylic acids is 1. The summed E-state index contributed by atoms with van der Waals surface area (Å²) in [5, 5.41) is 7.27. The van der Waals surface area contributed by atoms with Gasteiger partial charge < -0.3 is 5.32 Å². The Balaban J connectivity index is 1.27. The van der Waals surface area contributed by atoms with Crippen molar-refractivity contribution in [2.45, 2.75) is 13.1 Å². The summed E-state index contributed by atoms with van der Waals surface area (Å²) in [5.41, 5.74) is 4.94. The first-order valence-electron chi connectivity index (χ1n) is 10.6. The van der Waals surface area contributed by atoms with E-state index in [9.17, 15) is 4.79 Å². The van der Waals surface area contributed by atoms with Gasteiger partial charge >= 0.3 is 0 Å². The molecule has 0 aliphatic carbocycles. The van der Waals surface area contributed by atoms with Gasteiger partial charge in [-0.3, -0.25) is 14.0 Å². The molecule has 0 fully saturated rings. The second kappa shape index (κ2) is 9.32. The van der Waals surface area contributed by atoms with Gasteiger partial charge in [-0.2, -0.15) is 5.10 Å². The van der Waals surface area contributed by atoms with Crippen LogP contribution in [0.3, 0.4) is 0 Å². The van der Waals surface area contributed by atoms with Gasteiger partial charge in [-0.25, -0.2) is 9.97 Å². The van der Waals surface area contributed by atoms with Crippen molar-refractivity contribution in [1.29, 1.82) is 0 Å². The molecular formula is C26H22N6O. The predicted octanol–water partition coefficient (Wildman–Crippen LogP) is 4.11. The topological polar surface area (TPSA) is 77.6 Å². The minimum absolute atomic E-state index is 0.163. The highest BCUT2D eigenvalue weighted by Crippen LogP contribution is 2.24. The Kier molecular flexibility index (Phi) is 5.75. The number of hydrogen-bond donors (Lipinski definition) is 1. The van der Waals surface area contributed by atoms with E-state index in [0.717, 1.165) is 23.2 Å². The van der Waals surface area contributed by atoms with Crippen molar-refractivity contribution in [2.24, 2.45) is 0 Å². The number of hydrogen-bond acceptors (Lipinski definition) is 4. The Morgan fingerprint density at radius 1 is 0.909 bits per heavy atom. The molecule has 0 saturated carbocycles. The summed E-state index contributed by atoms with van der Waals surface area (Å²) in [4.78, 5) is 21.0. The first-order chi connectivity index (χ1) is 16.3. The van der Waals surface area contributed by atoms with Crippen LogP contribution in [0.25, 0.3) is 16.9 Å². The van der Waals surface area contributed by atoms with Crippen molar-refractivity contribution >= 4 is 5.91 Å². The zero-order valence-corrected chi connectivity index (χ0v) is 17.9. The first-order valence-corrected chi connectivity index (χ1v) is 10.6. The fourth-order valence-corrected chi connectivity index (χ4v) is 3.67. The van der Waals surface area contributed by atoms with E-state index >= 15 is 0 Å². The van der Waals surface area contributed by atoms with Crippen LogP contribution in [0.15, 0.2) is 104 Å². The smallest absolute Gasteiger partial charge is 0.253 e. The summed E-state index contributed by atoms with van der Waals surface area (Å²) >= 11 is 0. The molecule has 0 saturated heterocycles. The van der Waals surface area contributed by atoms with E-state index in [2.05, 4.69) is 50.7 Å². The van der Waals surface area contributed by atoms with E-state index in [4.69, 9.17) is 0 Å². The molecule has 3 aromatic heterocycles. The summed E-state index contributed by atoms with van der Waals surface area (Å²) in [6, 6.07) is 22.0. The van der Waals surface area contributed by atoms with Gasteiger partial charge in [0.05, 0.1) is 12.1 Å². The molecule has 0 bridgehead atoms. The Morgan fingerprint density at radius 2 is 1.79 bits per heavy atom. The van der Waals surface area contributed by atoms with Gasteiger partial charge in [0.2, 0.25) is 0 Å². The molecule has 0 radical (unpaired) electrons. The van der Waals surface area contributed by atoms with Gasteiger partial charge in [0.15, 0.2) is 0 Å². The Bertz CT molecular complexity index is 1320. The van der Waals surface area contributed by atoms with Crippen LogP contribution in [-0.4, -0.2) is 30.2 Å². The lowest BCUT2D eigenvalue weighted by atomic mass is 9.98. The lowest BCUT2D eigenvalue weighted by Gasteiger charge is -2.12. The van der Waals surface area contributed by atoms with Crippen LogP contribution in [0.4, 0.5) is 0 Å². The Labute approximate surface area is 191 Å². The molecular weight excluding hydrogens is 412 g/mol. The number of aromatic nitrogens is 5. The molecule has 5 aromatic rings. The van der Waals surface area contributed by atoms with Crippen LogP contribution in [-0.2, 0) is 13.1 Å². The largest absolute Gasteiger partial charge is 0.348 e. The van der Waals surface area contributed by atoms with Gasteiger partial charge in [0.1, 0.15) is 12.1 Å². The van der Waals surface area contributed by atoms with E-state index in [1.165, 1.54) is 5.56 Å². The zero-order valence-electron chi connectivity index (χ0n) is 17.9. The van der Waals surface area contributed by atoms with E-state index in [1.807, 2.05) is 41.3 Å². The average molecular weight is 435 g/mol. The van der Waals surface area contributed by atoms with E-state index in [1.54, 1.807) is 41.6 Å². The molecule has 5 rings (SSSR count). The number of imidazole rings is 1. The Morgan fingerprint density at radius 3 is 2.52 bits per heavy atom. The molecule has 7 heteroatoms. The Hall–Kier alpha value is -4.52. The minimum Gasteiger partial charge on any atom is -0.348 e. The number of benzene rings is 2. The van der Waals surface area contributed by atoms with Crippen LogP contribution in [0.2, 0.25) is 0 Å².